The molecule has 254 valence electrons. The van der Waals surface area contributed by atoms with E-state index in [-0.39, 0.29) is 18.7 Å². The van der Waals surface area contributed by atoms with Gasteiger partial charge >= 0.3 is 5.97 Å². The van der Waals surface area contributed by atoms with E-state index in [1.165, 1.54) is 7.11 Å². The van der Waals surface area contributed by atoms with Gasteiger partial charge in [-0.2, -0.15) is 0 Å². The summed E-state index contributed by atoms with van der Waals surface area (Å²) in [6.45, 7) is 0. The molecule has 5 atom stereocenters. The van der Waals surface area contributed by atoms with Crippen LogP contribution in [-0.4, -0.2) is 74.0 Å². The van der Waals surface area contributed by atoms with Crippen LogP contribution < -0.4 is 20.7 Å². The zero-order valence-electron chi connectivity index (χ0n) is 27.9. The molecule has 4 aromatic rings. The van der Waals surface area contributed by atoms with Crippen LogP contribution in [0.2, 0.25) is 0 Å². The van der Waals surface area contributed by atoms with Crippen LogP contribution in [0.1, 0.15) is 28.4 Å². The van der Waals surface area contributed by atoms with Crippen molar-refractivity contribution in [2.75, 3.05) is 21.2 Å². The van der Waals surface area contributed by atoms with E-state index in [0.717, 1.165) is 16.7 Å². The molecule has 49 heavy (non-hydrogen) atoms. The van der Waals surface area contributed by atoms with E-state index in [2.05, 4.69) is 16.0 Å². The molecule has 0 fully saturated rings. The van der Waals surface area contributed by atoms with Crippen LogP contribution in [0.25, 0.3) is 0 Å². The first kappa shape index (κ1) is 34.8. The predicted octanol–water partition coefficient (Wildman–Crippen LogP) is 3.41. The van der Waals surface area contributed by atoms with Crippen LogP contribution in [0.15, 0.2) is 115 Å². The van der Waals surface area contributed by atoms with E-state index in [4.69, 9.17) is 9.47 Å². The molecule has 0 saturated heterocycles. The van der Waals surface area contributed by atoms with Crippen LogP contribution in [0.5, 0.6) is 5.75 Å². The van der Waals surface area contributed by atoms with Gasteiger partial charge in [0.05, 0.1) is 13.2 Å². The van der Waals surface area contributed by atoms with Crippen LogP contribution in [0.3, 0.4) is 0 Å². The summed E-state index contributed by atoms with van der Waals surface area (Å²) in [5, 5.41) is 8.71. The molecule has 2 aliphatic heterocycles. The number of rotatable bonds is 9. The molecule has 0 aromatic heterocycles. The van der Waals surface area contributed by atoms with Gasteiger partial charge in [0.2, 0.25) is 17.7 Å². The van der Waals surface area contributed by atoms with Crippen molar-refractivity contribution in [3.05, 3.63) is 138 Å². The highest BCUT2D eigenvalue weighted by Gasteiger charge is 2.38. The average Bonchev–Trinajstić information content (AvgIpc) is 3.12. The smallest absolute Gasteiger partial charge is 0.328 e. The fourth-order valence-electron chi connectivity index (χ4n) is 5.86. The van der Waals surface area contributed by atoms with Crippen molar-refractivity contribution in [2.24, 2.45) is 0 Å². The van der Waals surface area contributed by atoms with Gasteiger partial charge in [-0.05, 0) is 54.9 Å². The van der Waals surface area contributed by atoms with E-state index in [1.54, 1.807) is 29.2 Å². The minimum Gasteiger partial charge on any atom is -0.483 e. The van der Waals surface area contributed by atoms with Gasteiger partial charge in [-0.3, -0.25) is 19.3 Å². The van der Waals surface area contributed by atoms with Crippen molar-refractivity contribution in [1.82, 2.24) is 20.9 Å². The highest BCUT2D eigenvalue weighted by molar-refractivity contribution is 5.95. The zero-order chi connectivity index (χ0) is 34.8. The lowest BCUT2D eigenvalue weighted by molar-refractivity contribution is -0.145. The molecular formula is C39H42N4O6. The molecule has 0 aliphatic carbocycles. The maximum atomic E-state index is 14.5. The predicted molar refractivity (Wildman–Crippen MR) is 186 cm³/mol. The van der Waals surface area contributed by atoms with Crippen molar-refractivity contribution in [3.63, 3.8) is 0 Å². The molecule has 0 spiro atoms. The third kappa shape index (κ3) is 9.33. The Labute approximate surface area is 286 Å². The SMILES string of the molecule is COC(=O)[C@@H]1Cc2ccc(cc2)O[C@H](c2ccccc2)[C@H](NC(=O)[C@H](Cc2ccccc2)N(C)C)C(=O)N[C@@H](Cc2ccccc2)C(=O)N1. The first-order valence-corrected chi connectivity index (χ1v) is 16.3. The number of hydrogen-bond donors (Lipinski definition) is 3. The fraction of sp³-hybridized carbons (Fsp3) is 0.282. The quantitative estimate of drug-likeness (QED) is 0.235. The molecular weight excluding hydrogens is 620 g/mol. The van der Waals surface area contributed by atoms with E-state index >= 15 is 0 Å². The molecule has 3 amide bonds. The Hall–Kier alpha value is -5.48. The number of esters is 1. The average molecular weight is 663 g/mol. The molecule has 6 rings (SSSR count). The Morgan fingerprint density at radius 1 is 0.816 bits per heavy atom. The summed E-state index contributed by atoms with van der Waals surface area (Å²) in [4.78, 5) is 57.2. The zero-order valence-corrected chi connectivity index (χ0v) is 27.9. The summed E-state index contributed by atoms with van der Waals surface area (Å²) >= 11 is 0. The maximum Gasteiger partial charge on any atom is 0.328 e. The largest absolute Gasteiger partial charge is 0.483 e. The maximum absolute atomic E-state index is 14.5. The van der Waals surface area contributed by atoms with Gasteiger partial charge < -0.3 is 25.4 Å². The van der Waals surface area contributed by atoms with Gasteiger partial charge in [0, 0.05) is 12.8 Å². The van der Waals surface area contributed by atoms with Crippen molar-refractivity contribution in [2.45, 2.75) is 49.5 Å². The van der Waals surface area contributed by atoms with Crippen molar-refractivity contribution in [1.29, 1.82) is 0 Å². The Bertz CT molecular complexity index is 1700. The first-order chi connectivity index (χ1) is 23.7. The summed E-state index contributed by atoms with van der Waals surface area (Å²) in [5.41, 5.74) is 3.17. The number of carbonyl (C=O) groups excluding carboxylic acids is 4. The minimum atomic E-state index is -1.27. The Balaban J connectivity index is 1.57. The number of fused-ring (bicyclic) bond motifs is 11. The highest BCUT2D eigenvalue weighted by Crippen LogP contribution is 2.27. The fourth-order valence-corrected chi connectivity index (χ4v) is 5.86. The Morgan fingerprint density at radius 2 is 1.41 bits per heavy atom. The first-order valence-electron chi connectivity index (χ1n) is 16.3. The lowest BCUT2D eigenvalue weighted by atomic mass is 9.97. The molecule has 0 unspecified atom stereocenters. The minimum absolute atomic E-state index is 0.131. The molecule has 4 aromatic carbocycles. The number of nitrogens with zero attached hydrogens (tertiary/aromatic N) is 1. The molecule has 2 bridgehead atoms. The molecule has 0 saturated carbocycles. The van der Waals surface area contributed by atoms with Gasteiger partial charge in [0.1, 0.15) is 23.9 Å². The van der Waals surface area contributed by atoms with Gasteiger partial charge in [-0.25, -0.2) is 4.79 Å². The topological polar surface area (TPSA) is 126 Å². The van der Waals surface area contributed by atoms with Crippen LogP contribution in [-0.2, 0) is 43.2 Å². The van der Waals surface area contributed by atoms with Crippen LogP contribution >= 0.6 is 0 Å². The number of amides is 3. The van der Waals surface area contributed by atoms with Crippen molar-refractivity contribution in [3.8, 4) is 5.75 Å². The standard InChI is InChI=1S/C39H42N4O6/c1-43(2)33(25-27-15-9-5-10-16-27)37(45)42-34-35(29-17-11-6-12-18-29)49-30-21-19-28(20-22-30)24-32(39(47)48-3)41-36(44)31(40-38(34)46)23-26-13-7-4-8-14-26/h4-22,31-35H,23-25H2,1-3H3,(H,40,46)(H,41,44)(H,42,45)/t31-,32-,33-,34-,35+/m0/s1. The van der Waals surface area contributed by atoms with Crippen molar-refractivity contribution < 1.29 is 28.7 Å². The highest BCUT2D eigenvalue weighted by atomic mass is 16.5. The summed E-state index contributed by atoms with van der Waals surface area (Å²) in [6.07, 6.45) is -0.271. The summed E-state index contributed by atoms with van der Waals surface area (Å²) in [6, 6.07) is 31.1. The number of ether oxygens (including phenoxy) is 2. The molecule has 10 heteroatoms. The molecule has 0 radical (unpaired) electrons. The van der Waals surface area contributed by atoms with Gasteiger partial charge in [0.15, 0.2) is 6.10 Å². The normalized spacial score (nSPS) is 20.2. The lowest BCUT2D eigenvalue weighted by Gasteiger charge is -2.32. The second-order valence-electron chi connectivity index (χ2n) is 12.3. The molecule has 10 nitrogen and oxygen atoms in total. The summed E-state index contributed by atoms with van der Waals surface area (Å²) < 4.78 is 11.5. The monoisotopic (exact) mass is 662 g/mol. The van der Waals surface area contributed by atoms with E-state index in [9.17, 15) is 19.2 Å². The van der Waals surface area contributed by atoms with E-state index in [1.807, 2.05) is 105 Å². The number of likely N-dealkylation sites (N-methyl/N-ethyl adjacent to an activating group) is 1. The molecule has 3 N–H and O–H groups in total. The number of hydrogen-bond acceptors (Lipinski definition) is 7. The number of carbonyl (C=O) groups is 4. The second kappa shape index (κ2) is 16.6. The number of methoxy groups -OCH3 is 1. The molecule has 2 heterocycles. The Kier molecular flexibility index (Phi) is 11.8. The van der Waals surface area contributed by atoms with E-state index < -0.39 is 48.1 Å². The Morgan fingerprint density at radius 3 is 2.00 bits per heavy atom. The van der Waals surface area contributed by atoms with E-state index in [0.29, 0.717) is 17.7 Å². The number of benzene rings is 4. The van der Waals surface area contributed by atoms with Crippen LogP contribution in [0.4, 0.5) is 0 Å². The summed E-state index contributed by atoms with van der Waals surface area (Å²) in [5.74, 6) is -1.75. The molecule has 2 aliphatic rings. The lowest BCUT2D eigenvalue weighted by Crippen LogP contribution is -2.60. The second-order valence-corrected chi connectivity index (χ2v) is 12.3. The van der Waals surface area contributed by atoms with Gasteiger partial charge in [-0.15, -0.1) is 0 Å². The van der Waals surface area contributed by atoms with Gasteiger partial charge in [0.25, 0.3) is 0 Å². The third-order valence-electron chi connectivity index (χ3n) is 8.55. The van der Waals surface area contributed by atoms with Crippen LogP contribution in [0, 0.1) is 0 Å². The third-order valence-corrected chi connectivity index (χ3v) is 8.55. The van der Waals surface area contributed by atoms with Gasteiger partial charge in [-0.1, -0.05) is 103 Å². The van der Waals surface area contributed by atoms with Crippen molar-refractivity contribution >= 4 is 23.7 Å². The number of nitrogens with one attached hydrogen (secondary N) is 3. The summed E-state index contributed by atoms with van der Waals surface area (Å²) in [7, 11) is 4.88.